The zero-order chi connectivity index (χ0) is 17.7. The van der Waals surface area contributed by atoms with E-state index in [1.54, 1.807) is 0 Å². The van der Waals surface area contributed by atoms with E-state index in [0.29, 0.717) is 11.8 Å². The van der Waals surface area contributed by atoms with Crippen LogP contribution in [-0.4, -0.2) is 5.78 Å². The van der Waals surface area contributed by atoms with E-state index in [4.69, 9.17) is 0 Å². The molecule has 0 saturated heterocycles. The molecule has 0 aromatic rings. The van der Waals surface area contributed by atoms with Gasteiger partial charge in [-0.15, -0.1) is 0 Å². The number of hydrogen-bond acceptors (Lipinski definition) is 1. The molecule has 0 aliphatic heterocycles. The Bertz CT molecular complexity index is 380. The minimum absolute atomic E-state index is 0.0493. The fourth-order valence-corrected chi connectivity index (χ4v) is 2.43. The summed E-state index contributed by atoms with van der Waals surface area (Å²) in [6.07, 6.45) is 5.73. The maximum atomic E-state index is 12.6. The fraction of sp³-hybridized carbons (Fsp3) is 0.762. The van der Waals surface area contributed by atoms with Gasteiger partial charge in [0.1, 0.15) is 0 Å². The zero-order valence-electron chi connectivity index (χ0n) is 16.6. The third kappa shape index (κ3) is 8.56. The molecule has 0 atom stereocenters. The Morgan fingerprint density at radius 1 is 0.727 bits per heavy atom. The Balaban J connectivity index is 5.50. The highest BCUT2D eigenvalue weighted by Gasteiger charge is 2.21. The lowest BCUT2D eigenvalue weighted by Crippen LogP contribution is -2.15. The topological polar surface area (TPSA) is 17.1 Å². The Morgan fingerprint density at radius 3 is 1.18 bits per heavy atom. The number of allylic oxidation sites excluding steroid dienone is 4. The number of carbonyl (C=O) groups excluding carboxylic acids is 1. The molecule has 0 aliphatic carbocycles. The van der Waals surface area contributed by atoms with Crippen LogP contribution in [0, 0.1) is 22.7 Å². The maximum Gasteiger partial charge on any atom is 0.178 e. The smallest absolute Gasteiger partial charge is 0.178 e. The average Bonchev–Trinajstić information content (AvgIpc) is 2.23. The Kier molecular flexibility index (Phi) is 7.81. The number of hydrogen-bond donors (Lipinski definition) is 0. The molecule has 0 heterocycles. The van der Waals surface area contributed by atoms with Gasteiger partial charge in [0.2, 0.25) is 0 Å². The highest BCUT2D eigenvalue weighted by Crippen LogP contribution is 2.32. The van der Waals surface area contributed by atoms with Crippen LogP contribution in [-0.2, 0) is 4.79 Å². The van der Waals surface area contributed by atoms with Gasteiger partial charge in [-0.25, -0.2) is 0 Å². The Hall–Kier alpha value is -0.850. The van der Waals surface area contributed by atoms with Crippen LogP contribution in [0.5, 0.6) is 0 Å². The van der Waals surface area contributed by atoms with Gasteiger partial charge in [-0.3, -0.25) is 4.79 Å². The predicted molar refractivity (Wildman–Crippen MR) is 99.0 cm³/mol. The molecule has 0 aromatic heterocycles. The summed E-state index contributed by atoms with van der Waals surface area (Å²) in [5, 5.41) is 0. The van der Waals surface area contributed by atoms with E-state index >= 15 is 0 Å². The summed E-state index contributed by atoms with van der Waals surface area (Å²) in [4.78, 5) is 12.6. The van der Waals surface area contributed by atoms with Gasteiger partial charge in [0.25, 0.3) is 0 Å². The molecule has 0 fully saturated rings. The molecule has 0 unspecified atom stereocenters. The van der Waals surface area contributed by atoms with Crippen LogP contribution >= 0.6 is 0 Å². The van der Waals surface area contributed by atoms with Crippen molar-refractivity contribution in [2.75, 3.05) is 0 Å². The van der Waals surface area contributed by atoms with Crippen LogP contribution < -0.4 is 0 Å². The Morgan fingerprint density at radius 2 is 1.00 bits per heavy atom. The molecule has 22 heavy (non-hydrogen) atoms. The highest BCUT2D eigenvalue weighted by atomic mass is 16.1. The lowest BCUT2D eigenvalue weighted by Gasteiger charge is -2.26. The summed E-state index contributed by atoms with van der Waals surface area (Å²) in [5.74, 6) is 1.29. The first-order chi connectivity index (χ1) is 9.73. The van der Waals surface area contributed by atoms with Crippen molar-refractivity contribution in [3.8, 4) is 0 Å². The first-order valence-electron chi connectivity index (χ1n) is 8.69. The van der Waals surface area contributed by atoms with Crippen LogP contribution in [0.15, 0.2) is 23.3 Å². The van der Waals surface area contributed by atoms with Gasteiger partial charge in [-0.2, -0.15) is 0 Å². The molecule has 1 heteroatoms. The molecule has 0 saturated carbocycles. The van der Waals surface area contributed by atoms with Crippen LogP contribution in [0.3, 0.4) is 0 Å². The second-order valence-corrected chi connectivity index (χ2v) is 9.44. The zero-order valence-corrected chi connectivity index (χ0v) is 16.6. The standard InChI is InChI=1S/C21H38O/c1-15(2)11-17(20(5,6)7)13-19(22)14-18(12-16(3)4)21(8,9)10/h13-16H,11-12H2,1-10H3. The number of rotatable bonds is 6. The average molecular weight is 307 g/mol. The molecule has 0 aliphatic rings. The molecule has 128 valence electrons. The lowest BCUT2D eigenvalue weighted by molar-refractivity contribution is -0.110. The second-order valence-electron chi connectivity index (χ2n) is 9.44. The van der Waals surface area contributed by atoms with E-state index < -0.39 is 0 Å². The van der Waals surface area contributed by atoms with Gasteiger partial charge in [0.15, 0.2) is 5.78 Å². The van der Waals surface area contributed by atoms with Crippen LogP contribution in [0.1, 0.15) is 82.1 Å². The predicted octanol–water partition coefficient (Wildman–Crippen LogP) is 6.59. The van der Waals surface area contributed by atoms with Crippen molar-refractivity contribution in [1.82, 2.24) is 0 Å². The summed E-state index contributed by atoms with van der Waals surface area (Å²) in [5.41, 5.74) is 2.60. The summed E-state index contributed by atoms with van der Waals surface area (Å²) >= 11 is 0. The molecular weight excluding hydrogens is 268 g/mol. The van der Waals surface area contributed by atoms with Crippen molar-refractivity contribution in [2.45, 2.75) is 82.1 Å². The highest BCUT2D eigenvalue weighted by molar-refractivity contribution is 6.00. The molecule has 0 aromatic carbocycles. The van der Waals surface area contributed by atoms with Crippen LogP contribution in [0.4, 0.5) is 0 Å². The number of ketones is 1. The van der Waals surface area contributed by atoms with E-state index in [1.807, 2.05) is 12.2 Å². The van der Waals surface area contributed by atoms with Crippen molar-refractivity contribution in [2.24, 2.45) is 22.7 Å². The van der Waals surface area contributed by atoms with Gasteiger partial charge < -0.3 is 0 Å². The van der Waals surface area contributed by atoms with E-state index in [9.17, 15) is 4.79 Å². The SMILES string of the molecule is CC(C)CC(=CC(=O)C=C(CC(C)C)C(C)(C)C)C(C)(C)C. The monoisotopic (exact) mass is 306 g/mol. The Labute approximate surface area is 139 Å². The summed E-state index contributed by atoms with van der Waals surface area (Å²) in [6.45, 7) is 22.0. The quantitative estimate of drug-likeness (QED) is 0.506. The van der Waals surface area contributed by atoms with Gasteiger partial charge in [0, 0.05) is 0 Å². The third-order valence-electron chi connectivity index (χ3n) is 3.82. The van der Waals surface area contributed by atoms with E-state index in [0.717, 1.165) is 12.8 Å². The van der Waals surface area contributed by atoms with Gasteiger partial charge in [0.05, 0.1) is 0 Å². The van der Waals surface area contributed by atoms with Crippen LogP contribution in [0.2, 0.25) is 0 Å². The molecule has 0 N–H and O–H groups in total. The molecule has 0 bridgehead atoms. The normalized spacial score (nSPS) is 14.9. The van der Waals surface area contributed by atoms with Gasteiger partial charge >= 0.3 is 0 Å². The fourth-order valence-electron chi connectivity index (χ4n) is 2.43. The minimum Gasteiger partial charge on any atom is -0.290 e. The van der Waals surface area contributed by atoms with Crippen molar-refractivity contribution in [3.05, 3.63) is 23.3 Å². The van der Waals surface area contributed by atoms with Gasteiger partial charge in [-0.05, 0) is 47.7 Å². The summed E-state index contributed by atoms with van der Waals surface area (Å²) in [6, 6.07) is 0. The minimum atomic E-state index is 0.0493. The molecule has 0 radical (unpaired) electrons. The third-order valence-corrected chi connectivity index (χ3v) is 3.82. The van der Waals surface area contributed by atoms with Crippen molar-refractivity contribution in [3.63, 3.8) is 0 Å². The maximum absolute atomic E-state index is 12.6. The molecule has 0 amide bonds. The lowest BCUT2D eigenvalue weighted by atomic mass is 9.79. The number of carbonyl (C=O) groups is 1. The van der Waals surface area contributed by atoms with E-state index in [1.165, 1.54) is 11.1 Å². The molecular formula is C21H38O. The summed E-state index contributed by atoms with van der Waals surface area (Å²) in [7, 11) is 0. The van der Waals surface area contributed by atoms with Gasteiger partial charge in [-0.1, -0.05) is 80.4 Å². The molecule has 1 nitrogen and oxygen atoms in total. The van der Waals surface area contributed by atoms with Crippen molar-refractivity contribution >= 4 is 5.78 Å². The van der Waals surface area contributed by atoms with E-state index in [-0.39, 0.29) is 16.6 Å². The second kappa shape index (κ2) is 8.13. The largest absolute Gasteiger partial charge is 0.290 e. The molecule has 0 rings (SSSR count). The molecule has 0 spiro atoms. The van der Waals surface area contributed by atoms with Crippen molar-refractivity contribution in [1.29, 1.82) is 0 Å². The van der Waals surface area contributed by atoms with Crippen molar-refractivity contribution < 1.29 is 4.79 Å². The van der Waals surface area contributed by atoms with Crippen LogP contribution in [0.25, 0.3) is 0 Å². The summed E-state index contributed by atoms with van der Waals surface area (Å²) < 4.78 is 0. The first-order valence-corrected chi connectivity index (χ1v) is 8.69. The first kappa shape index (κ1) is 21.1. The van der Waals surface area contributed by atoms with E-state index in [2.05, 4.69) is 69.2 Å².